The van der Waals surface area contributed by atoms with Crippen molar-refractivity contribution in [1.29, 1.82) is 0 Å². The zero-order valence-corrected chi connectivity index (χ0v) is 21.5. The van der Waals surface area contributed by atoms with Crippen LogP contribution in [0.15, 0.2) is 66.7 Å². The number of imide groups is 1. The van der Waals surface area contributed by atoms with E-state index in [0.717, 1.165) is 17.0 Å². The van der Waals surface area contributed by atoms with E-state index in [9.17, 15) is 32.3 Å². The van der Waals surface area contributed by atoms with Gasteiger partial charge in [-0.15, -0.1) is 0 Å². The molecule has 3 aromatic rings. The second-order valence-corrected chi connectivity index (χ2v) is 9.26. The Labute approximate surface area is 232 Å². The first kappa shape index (κ1) is 27.5. The summed E-state index contributed by atoms with van der Waals surface area (Å²) in [7, 11) is 0. The third-order valence-electron chi connectivity index (χ3n) is 6.53. The summed E-state index contributed by atoms with van der Waals surface area (Å²) in [6.45, 7) is 0.717. The van der Waals surface area contributed by atoms with Crippen LogP contribution in [0.5, 0.6) is 5.75 Å². The van der Waals surface area contributed by atoms with Gasteiger partial charge in [-0.25, -0.2) is 4.79 Å². The van der Waals surface area contributed by atoms with Crippen LogP contribution in [0.3, 0.4) is 0 Å². The van der Waals surface area contributed by atoms with E-state index in [-0.39, 0.29) is 48.8 Å². The Hall–Kier alpha value is -5.07. The van der Waals surface area contributed by atoms with E-state index in [1.54, 1.807) is 41.3 Å². The molecule has 0 bridgehead atoms. The lowest BCUT2D eigenvalue weighted by atomic mass is 10.1. The zero-order chi connectivity index (χ0) is 29.1. The standard InChI is InChI=1S/C28H24F3N5O5/c29-28(30,31)17-5-10-23(35-12-11-32-24(37)16-35)22(15-17)34-27(40)33-18-6-8-19(9-7-18)41-14-13-36-25(38)20-3-1-2-4-21(20)26(36)39/h1-10,15H,11-14,16H2,(H,32,37)(H2,33,34,40). The number of alkyl halides is 3. The van der Waals surface area contributed by atoms with E-state index in [1.807, 2.05) is 0 Å². The molecule has 0 spiro atoms. The summed E-state index contributed by atoms with van der Waals surface area (Å²) in [5.41, 5.74) is 0.279. The largest absolute Gasteiger partial charge is 0.492 e. The Bertz CT molecular complexity index is 1470. The lowest BCUT2D eigenvalue weighted by molar-refractivity contribution is -0.137. The first-order chi connectivity index (χ1) is 19.6. The molecule has 1 saturated heterocycles. The molecule has 1 fully saturated rings. The van der Waals surface area contributed by atoms with Crippen molar-refractivity contribution in [3.8, 4) is 5.75 Å². The predicted molar refractivity (Wildman–Crippen MR) is 143 cm³/mol. The molecule has 2 heterocycles. The number of ether oxygens (including phenoxy) is 1. The smallest absolute Gasteiger partial charge is 0.416 e. The first-order valence-electron chi connectivity index (χ1n) is 12.6. The van der Waals surface area contributed by atoms with Gasteiger partial charge in [-0.1, -0.05) is 12.1 Å². The molecule has 13 heteroatoms. The number of carbonyl (C=O) groups is 4. The van der Waals surface area contributed by atoms with Gasteiger partial charge in [0.1, 0.15) is 12.4 Å². The van der Waals surface area contributed by atoms with Crippen LogP contribution in [-0.2, 0) is 11.0 Å². The Kier molecular flexibility index (Phi) is 7.51. The monoisotopic (exact) mass is 567 g/mol. The van der Waals surface area contributed by atoms with Crippen molar-refractivity contribution in [2.45, 2.75) is 6.18 Å². The summed E-state index contributed by atoms with van der Waals surface area (Å²) in [6, 6.07) is 14.9. The fraction of sp³-hybridized carbons (Fsp3) is 0.214. The molecule has 0 unspecified atom stereocenters. The minimum absolute atomic E-state index is 0.0472. The fourth-order valence-corrected chi connectivity index (χ4v) is 4.55. The number of halogens is 3. The number of hydrogen-bond donors (Lipinski definition) is 3. The maximum Gasteiger partial charge on any atom is 0.416 e. The van der Waals surface area contributed by atoms with Gasteiger partial charge in [-0.05, 0) is 54.6 Å². The van der Waals surface area contributed by atoms with Gasteiger partial charge in [0.05, 0.1) is 41.2 Å². The summed E-state index contributed by atoms with van der Waals surface area (Å²) in [5, 5.41) is 7.66. The topological polar surface area (TPSA) is 120 Å². The molecular formula is C28H24F3N5O5. The Morgan fingerprint density at radius 3 is 2.24 bits per heavy atom. The van der Waals surface area contributed by atoms with E-state index in [4.69, 9.17) is 4.74 Å². The lowest BCUT2D eigenvalue weighted by Crippen LogP contribution is -2.48. The summed E-state index contributed by atoms with van der Waals surface area (Å²) < 4.78 is 45.7. The van der Waals surface area contributed by atoms with Crippen molar-refractivity contribution < 1.29 is 37.1 Å². The lowest BCUT2D eigenvalue weighted by Gasteiger charge is -2.30. The van der Waals surface area contributed by atoms with Crippen LogP contribution in [0.2, 0.25) is 0 Å². The van der Waals surface area contributed by atoms with Gasteiger partial charge in [0, 0.05) is 18.8 Å². The van der Waals surface area contributed by atoms with Crippen LogP contribution in [0.1, 0.15) is 26.3 Å². The Balaban J connectivity index is 1.19. The molecule has 0 atom stereocenters. The van der Waals surface area contributed by atoms with Crippen molar-refractivity contribution in [1.82, 2.24) is 10.2 Å². The van der Waals surface area contributed by atoms with E-state index < -0.39 is 17.8 Å². The Morgan fingerprint density at radius 2 is 1.61 bits per heavy atom. The van der Waals surface area contributed by atoms with Crippen molar-refractivity contribution in [3.63, 3.8) is 0 Å². The van der Waals surface area contributed by atoms with Gasteiger partial charge in [-0.3, -0.25) is 19.3 Å². The van der Waals surface area contributed by atoms with Crippen LogP contribution in [0, 0.1) is 0 Å². The van der Waals surface area contributed by atoms with Crippen LogP contribution < -0.4 is 25.6 Å². The number of fused-ring (bicyclic) bond motifs is 1. The van der Waals surface area contributed by atoms with Gasteiger partial charge in [-0.2, -0.15) is 13.2 Å². The average molecular weight is 568 g/mol. The number of nitrogens with one attached hydrogen (secondary N) is 3. The third kappa shape index (κ3) is 6.08. The highest BCUT2D eigenvalue weighted by Gasteiger charge is 2.35. The maximum atomic E-state index is 13.3. The van der Waals surface area contributed by atoms with Crippen LogP contribution in [0.25, 0.3) is 0 Å². The summed E-state index contributed by atoms with van der Waals surface area (Å²) >= 11 is 0. The van der Waals surface area contributed by atoms with Crippen molar-refractivity contribution >= 4 is 40.8 Å². The molecule has 3 aromatic carbocycles. The number of amides is 5. The second-order valence-electron chi connectivity index (χ2n) is 9.26. The van der Waals surface area contributed by atoms with Crippen LogP contribution in [0.4, 0.5) is 35.0 Å². The van der Waals surface area contributed by atoms with E-state index in [1.165, 1.54) is 18.2 Å². The van der Waals surface area contributed by atoms with Crippen LogP contribution >= 0.6 is 0 Å². The molecule has 0 saturated carbocycles. The molecule has 5 amide bonds. The highest BCUT2D eigenvalue weighted by Crippen LogP contribution is 2.36. The number of rotatable bonds is 7. The molecule has 0 radical (unpaired) electrons. The van der Waals surface area contributed by atoms with Crippen molar-refractivity contribution in [2.24, 2.45) is 0 Å². The van der Waals surface area contributed by atoms with Gasteiger partial charge < -0.3 is 25.6 Å². The van der Waals surface area contributed by atoms with E-state index in [0.29, 0.717) is 35.7 Å². The van der Waals surface area contributed by atoms with Gasteiger partial charge in [0.15, 0.2) is 0 Å². The van der Waals surface area contributed by atoms with Crippen molar-refractivity contribution in [3.05, 3.63) is 83.4 Å². The van der Waals surface area contributed by atoms with E-state index >= 15 is 0 Å². The number of urea groups is 1. The zero-order valence-electron chi connectivity index (χ0n) is 21.5. The molecule has 3 N–H and O–H groups in total. The predicted octanol–water partition coefficient (Wildman–Crippen LogP) is 3.96. The van der Waals surface area contributed by atoms with Gasteiger partial charge >= 0.3 is 12.2 Å². The number of carbonyl (C=O) groups excluding carboxylic acids is 4. The molecule has 41 heavy (non-hydrogen) atoms. The number of hydrogen-bond acceptors (Lipinski definition) is 6. The molecule has 212 valence electrons. The van der Waals surface area contributed by atoms with Crippen molar-refractivity contribution in [2.75, 3.05) is 48.3 Å². The first-order valence-corrected chi connectivity index (χ1v) is 12.6. The normalized spacial score (nSPS) is 15.0. The number of benzene rings is 3. The summed E-state index contributed by atoms with van der Waals surface area (Å²) in [5.74, 6) is -0.631. The molecule has 5 rings (SSSR count). The minimum Gasteiger partial charge on any atom is -0.492 e. The van der Waals surface area contributed by atoms with Gasteiger partial charge in [0.2, 0.25) is 5.91 Å². The minimum atomic E-state index is -4.63. The molecular weight excluding hydrogens is 543 g/mol. The van der Waals surface area contributed by atoms with Crippen LogP contribution in [-0.4, -0.2) is 61.4 Å². The highest BCUT2D eigenvalue weighted by molar-refractivity contribution is 6.21. The van der Waals surface area contributed by atoms with E-state index in [2.05, 4.69) is 16.0 Å². The summed E-state index contributed by atoms with van der Waals surface area (Å²) in [4.78, 5) is 52.1. The molecule has 0 aromatic heterocycles. The maximum absolute atomic E-state index is 13.3. The average Bonchev–Trinajstić information content (AvgIpc) is 3.18. The number of piperazine rings is 1. The fourth-order valence-electron chi connectivity index (χ4n) is 4.55. The Morgan fingerprint density at radius 1 is 0.927 bits per heavy atom. The quantitative estimate of drug-likeness (QED) is 0.372. The van der Waals surface area contributed by atoms with Gasteiger partial charge in [0.25, 0.3) is 11.8 Å². The third-order valence-corrected chi connectivity index (χ3v) is 6.53. The number of anilines is 3. The molecule has 2 aliphatic rings. The molecule has 2 aliphatic heterocycles. The number of nitrogens with zero attached hydrogens (tertiary/aromatic N) is 2. The SMILES string of the molecule is O=C1CN(c2ccc(C(F)(F)F)cc2NC(=O)Nc2ccc(OCCN3C(=O)c4ccccc4C3=O)cc2)CCN1. The summed E-state index contributed by atoms with van der Waals surface area (Å²) in [6.07, 6.45) is -4.63. The second kappa shape index (κ2) is 11.2. The highest BCUT2D eigenvalue weighted by atomic mass is 19.4. The molecule has 10 nitrogen and oxygen atoms in total. The molecule has 0 aliphatic carbocycles.